The summed E-state index contributed by atoms with van der Waals surface area (Å²) in [5, 5.41) is 17.0. The Labute approximate surface area is 159 Å². The lowest BCUT2D eigenvalue weighted by atomic mass is 10.2. The highest BCUT2D eigenvalue weighted by Gasteiger charge is 2.38. The van der Waals surface area contributed by atoms with E-state index in [1.807, 2.05) is 0 Å². The van der Waals surface area contributed by atoms with Gasteiger partial charge in [-0.3, -0.25) is 4.79 Å². The van der Waals surface area contributed by atoms with Crippen LogP contribution in [0.3, 0.4) is 0 Å². The minimum Gasteiger partial charge on any atom is -0.493 e. The number of aromatic nitrogens is 3. The number of fused-ring (bicyclic) bond motifs is 2. The van der Waals surface area contributed by atoms with Gasteiger partial charge in [0, 0.05) is 5.39 Å². The van der Waals surface area contributed by atoms with Gasteiger partial charge < -0.3 is 14.7 Å². The van der Waals surface area contributed by atoms with E-state index in [0.717, 1.165) is 12.1 Å². The fourth-order valence-electron chi connectivity index (χ4n) is 2.96. The number of carbonyl (C=O) groups excluding carboxylic acids is 1. The summed E-state index contributed by atoms with van der Waals surface area (Å²) in [4.78, 5) is 18.3. The van der Waals surface area contributed by atoms with Crippen LogP contribution in [0, 0.1) is 5.82 Å². The average molecular weight is 405 g/mol. The van der Waals surface area contributed by atoms with Crippen LogP contribution in [0.5, 0.6) is 5.88 Å². The molecule has 0 saturated carbocycles. The van der Waals surface area contributed by atoms with Crippen molar-refractivity contribution in [3.63, 3.8) is 0 Å². The summed E-state index contributed by atoms with van der Waals surface area (Å²) in [6, 6.07) is 9.44. The van der Waals surface area contributed by atoms with Gasteiger partial charge in [0.15, 0.2) is 5.69 Å². The monoisotopic (exact) mass is 405 g/mol. The van der Waals surface area contributed by atoms with Crippen LogP contribution >= 0.6 is 0 Å². The number of aromatic hydroxyl groups is 1. The normalized spacial score (nSPS) is 12.4. The van der Waals surface area contributed by atoms with Crippen molar-refractivity contribution in [1.29, 1.82) is 0 Å². The minimum atomic E-state index is -4.77. The third kappa shape index (κ3) is 3.42. The molecule has 0 radical (unpaired) electrons. The number of imidazole rings is 1. The highest BCUT2D eigenvalue weighted by atomic mass is 19.4. The van der Waals surface area contributed by atoms with E-state index < -0.39 is 36.1 Å². The molecule has 0 aliphatic heterocycles. The summed E-state index contributed by atoms with van der Waals surface area (Å²) in [6.07, 6.45) is -4.77. The number of rotatable bonds is 3. The zero-order valence-corrected chi connectivity index (χ0v) is 14.4. The molecule has 1 amide bonds. The lowest BCUT2D eigenvalue weighted by molar-refractivity contribution is -0.147. The summed E-state index contributed by atoms with van der Waals surface area (Å²) in [5.41, 5.74) is 0.347. The number of amides is 1. The smallest absolute Gasteiger partial charge is 0.449 e. The number of hydrogen-bond donors (Lipinski definition) is 2. The summed E-state index contributed by atoms with van der Waals surface area (Å²) < 4.78 is 54.0. The number of hydrogen-bond acceptors (Lipinski definition) is 4. The van der Waals surface area contributed by atoms with E-state index in [1.54, 1.807) is 0 Å². The number of alkyl halides is 3. The third-order valence-corrected chi connectivity index (χ3v) is 4.18. The largest absolute Gasteiger partial charge is 0.493 e. The van der Waals surface area contributed by atoms with Gasteiger partial charge in [0.05, 0.1) is 16.6 Å². The van der Waals surface area contributed by atoms with Crippen molar-refractivity contribution in [3.8, 4) is 5.88 Å². The van der Waals surface area contributed by atoms with Gasteiger partial charge in [0.1, 0.15) is 12.4 Å². The molecule has 0 aliphatic carbocycles. The maximum absolute atomic E-state index is 13.4. The molecule has 0 fully saturated rings. The number of aromatic amines is 1. The SMILES string of the molecule is O=C(Cn1c(C(F)(F)F)nc2ccccc21)N=Nc1c(O)[nH]c2ccc(F)cc12. The van der Waals surface area contributed by atoms with E-state index in [1.165, 1.54) is 30.3 Å². The summed E-state index contributed by atoms with van der Waals surface area (Å²) in [6.45, 7) is -0.768. The van der Waals surface area contributed by atoms with E-state index in [2.05, 4.69) is 20.2 Å². The fraction of sp³-hybridized carbons (Fsp3) is 0.111. The van der Waals surface area contributed by atoms with Crippen LogP contribution in [-0.4, -0.2) is 25.5 Å². The first kappa shape index (κ1) is 18.6. The van der Waals surface area contributed by atoms with Gasteiger partial charge in [-0.05, 0) is 30.3 Å². The average Bonchev–Trinajstić information content (AvgIpc) is 3.17. The molecular formula is C18H11F4N5O2. The number of para-hydroxylation sites is 2. The van der Waals surface area contributed by atoms with E-state index in [-0.39, 0.29) is 22.1 Å². The quantitative estimate of drug-likeness (QED) is 0.382. The van der Waals surface area contributed by atoms with Crippen LogP contribution in [0.15, 0.2) is 52.7 Å². The van der Waals surface area contributed by atoms with E-state index in [0.29, 0.717) is 10.1 Å². The zero-order valence-electron chi connectivity index (χ0n) is 14.4. The molecule has 29 heavy (non-hydrogen) atoms. The molecule has 0 unspecified atom stereocenters. The lowest BCUT2D eigenvalue weighted by Gasteiger charge is -2.09. The first-order valence-corrected chi connectivity index (χ1v) is 8.21. The van der Waals surface area contributed by atoms with Gasteiger partial charge in [-0.2, -0.15) is 13.2 Å². The Kier molecular flexibility index (Phi) is 4.29. The van der Waals surface area contributed by atoms with E-state index in [4.69, 9.17) is 0 Å². The van der Waals surface area contributed by atoms with Crippen LogP contribution < -0.4 is 0 Å². The van der Waals surface area contributed by atoms with Gasteiger partial charge in [-0.1, -0.05) is 12.1 Å². The summed E-state index contributed by atoms with van der Waals surface area (Å²) >= 11 is 0. The van der Waals surface area contributed by atoms with Gasteiger partial charge >= 0.3 is 6.18 Å². The Morgan fingerprint density at radius 1 is 1.21 bits per heavy atom. The fourth-order valence-corrected chi connectivity index (χ4v) is 2.96. The van der Waals surface area contributed by atoms with Crippen molar-refractivity contribution in [2.75, 3.05) is 0 Å². The Hall–Kier alpha value is -3.76. The molecule has 0 bridgehead atoms. The molecule has 2 N–H and O–H groups in total. The number of benzene rings is 2. The second-order valence-electron chi connectivity index (χ2n) is 6.11. The van der Waals surface area contributed by atoms with Gasteiger partial charge in [0.2, 0.25) is 11.7 Å². The van der Waals surface area contributed by atoms with E-state index in [9.17, 15) is 27.5 Å². The molecule has 2 heterocycles. The Balaban J connectivity index is 1.68. The molecule has 2 aromatic heterocycles. The topological polar surface area (TPSA) is 95.6 Å². The standard InChI is InChI=1S/C18H11F4N5O2/c19-9-5-6-11-10(7-9)15(16(29)23-11)26-25-14(28)8-27-13-4-2-1-3-12(13)24-17(27)18(20,21)22/h1-7,23,29H,8H2. The molecular weight excluding hydrogens is 394 g/mol. The zero-order chi connectivity index (χ0) is 20.8. The molecule has 11 heteroatoms. The number of nitrogens with one attached hydrogen (secondary N) is 1. The number of azo groups is 1. The van der Waals surface area contributed by atoms with Crippen molar-refractivity contribution in [2.24, 2.45) is 10.2 Å². The van der Waals surface area contributed by atoms with Gasteiger partial charge in [-0.25, -0.2) is 9.37 Å². The van der Waals surface area contributed by atoms with Crippen molar-refractivity contribution in [3.05, 3.63) is 54.1 Å². The Bertz CT molecular complexity index is 1270. The molecule has 0 atom stereocenters. The molecule has 7 nitrogen and oxygen atoms in total. The Morgan fingerprint density at radius 3 is 2.72 bits per heavy atom. The van der Waals surface area contributed by atoms with Crippen molar-refractivity contribution < 1.29 is 27.5 Å². The summed E-state index contributed by atoms with van der Waals surface area (Å²) in [7, 11) is 0. The first-order valence-electron chi connectivity index (χ1n) is 8.21. The van der Waals surface area contributed by atoms with Crippen LogP contribution in [0.4, 0.5) is 23.2 Å². The first-order chi connectivity index (χ1) is 13.7. The maximum atomic E-state index is 13.4. The number of carbonyl (C=O) groups is 1. The van der Waals surface area contributed by atoms with E-state index >= 15 is 0 Å². The molecule has 4 aromatic rings. The van der Waals surface area contributed by atoms with Crippen LogP contribution in [-0.2, 0) is 17.5 Å². The van der Waals surface area contributed by atoms with Crippen molar-refractivity contribution >= 4 is 33.5 Å². The highest BCUT2D eigenvalue weighted by Crippen LogP contribution is 2.36. The van der Waals surface area contributed by atoms with Crippen LogP contribution in [0.1, 0.15) is 5.82 Å². The second kappa shape index (κ2) is 6.69. The molecule has 0 saturated heterocycles. The number of halogens is 4. The maximum Gasteiger partial charge on any atom is 0.449 e. The molecule has 0 spiro atoms. The van der Waals surface area contributed by atoms with Crippen molar-refractivity contribution in [2.45, 2.75) is 12.7 Å². The summed E-state index contributed by atoms with van der Waals surface area (Å²) in [5.74, 6) is -3.30. The predicted octanol–water partition coefficient (Wildman–Crippen LogP) is 4.69. The van der Waals surface area contributed by atoms with Gasteiger partial charge in [-0.15, -0.1) is 10.2 Å². The number of H-pyrrole nitrogens is 1. The molecule has 0 aliphatic rings. The van der Waals surface area contributed by atoms with Gasteiger partial charge in [0.25, 0.3) is 5.91 Å². The van der Waals surface area contributed by atoms with Crippen LogP contribution in [0.25, 0.3) is 21.9 Å². The minimum absolute atomic E-state index is 0.0781. The number of nitrogens with zero attached hydrogens (tertiary/aromatic N) is 4. The van der Waals surface area contributed by atoms with Crippen molar-refractivity contribution in [1.82, 2.24) is 14.5 Å². The predicted molar refractivity (Wildman–Crippen MR) is 94.2 cm³/mol. The Morgan fingerprint density at radius 2 is 1.97 bits per heavy atom. The highest BCUT2D eigenvalue weighted by molar-refractivity contribution is 5.94. The second-order valence-corrected chi connectivity index (χ2v) is 6.11. The molecule has 4 rings (SSSR count). The lowest BCUT2D eigenvalue weighted by Crippen LogP contribution is -2.18. The molecule has 2 aromatic carbocycles. The third-order valence-electron chi connectivity index (χ3n) is 4.18. The molecule has 148 valence electrons. The van der Waals surface area contributed by atoms with Crippen LogP contribution in [0.2, 0.25) is 0 Å².